The zero-order valence-electron chi connectivity index (χ0n) is 9.82. The Hall–Kier alpha value is -1.50. The third-order valence-corrected chi connectivity index (χ3v) is 2.13. The zero-order valence-corrected chi connectivity index (χ0v) is 9.82. The van der Waals surface area contributed by atoms with Gasteiger partial charge in [0.25, 0.3) is 6.43 Å². The molecule has 17 heavy (non-hydrogen) atoms. The van der Waals surface area contributed by atoms with Crippen LogP contribution < -0.4 is 10.2 Å². The number of aliphatic hydroxyl groups excluding tert-OH is 1. The molecule has 0 radical (unpaired) electrons. The second kappa shape index (κ2) is 6.29. The zero-order chi connectivity index (χ0) is 12.8. The monoisotopic (exact) mass is 246 g/mol. The van der Waals surface area contributed by atoms with Gasteiger partial charge in [-0.2, -0.15) is 0 Å². The Morgan fingerprint density at radius 3 is 2.71 bits per heavy atom. The largest absolute Gasteiger partial charge is 0.395 e. The van der Waals surface area contributed by atoms with Crippen LogP contribution in [-0.2, 0) is 0 Å². The molecule has 0 amide bonds. The molecule has 0 unspecified atom stereocenters. The van der Waals surface area contributed by atoms with Gasteiger partial charge in [0, 0.05) is 19.7 Å². The number of aliphatic hydroxyl groups is 1. The van der Waals surface area contributed by atoms with Crippen LogP contribution >= 0.6 is 0 Å². The minimum Gasteiger partial charge on any atom is -0.395 e. The van der Waals surface area contributed by atoms with Gasteiger partial charge in [-0.05, 0) is 6.92 Å². The Morgan fingerprint density at radius 2 is 2.18 bits per heavy atom. The summed E-state index contributed by atoms with van der Waals surface area (Å²) in [4.78, 5) is 9.49. The van der Waals surface area contributed by atoms with Gasteiger partial charge in [0.05, 0.1) is 13.2 Å². The summed E-state index contributed by atoms with van der Waals surface area (Å²) in [5.74, 6) is 1.44. The number of halogens is 2. The highest BCUT2D eigenvalue weighted by atomic mass is 19.3. The lowest BCUT2D eigenvalue weighted by Crippen LogP contribution is -2.32. The summed E-state index contributed by atoms with van der Waals surface area (Å²) in [6.45, 7) is 1.14. The Morgan fingerprint density at radius 1 is 1.47 bits per heavy atom. The summed E-state index contributed by atoms with van der Waals surface area (Å²) in [5.41, 5.74) is 0. The van der Waals surface area contributed by atoms with Crippen molar-refractivity contribution in [3.05, 3.63) is 11.9 Å². The minimum atomic E-state index is -2.48. The van der Waals surface area contributed by atoms with Crippen LogP contribution in [-0.4, -0.2) is 48.2 Å². The van der Waals surface area contributed by atoms with Gasteiger partial charge in [-0.15, -0.1) is 0 Å². The fraction of sp³-hybridized carbons (Fsp3) is 0.600. The van der Waals surface area contributed by atoms with Gasteiger partial charge in [0.1, 0.15) is 17.5 Å². The third kappa shape index (κ3) is 4.10. The molecule has 1 heterocycles. The predicted molar refractivity (Wildman–Crippen MR) is 61.6 cm³/mol. The van der Waals surface area contributed by atoms with Crippen LogP contribution in [0.15, 0.2) is 6.07 Å². The first kappa shape index (κ1) is 13.6. The third-order valence-electron chi connectivity index (χ3n) is 2.13. The lowest BCUT2D eigenvalue weighted by molar-refractivity contribution is 0.152. The van der Waals surface area contributed by atoms with Gasteiger partial charge in [-0.25, -0.2) is 18.7 Å². The summed E-state index contributed by atoms with van der Waals surface area (Å²) < 4.78 is 24.8. The highest BCUT2D eigenvalue weighted by molar-refractivity contribution is 5.49. The van der Waals surface area contributed by atoms with E-state index < -0.39 is 13.0 Å². The molecular formula is C10H16F2N4O. The van der Waals surface area contributed by atoms with E-state index in [0.29, 0.717) is 17.5 Å². The van der Waals surface area contributed by atoms with Crippen molar-refractivity contribution in [2.45, 2.75) is 13.3 Å². The van der Waals surface area contributed by atoms with Crippen LogP contribution in [0.4, 0.5) is 20.4 Å². The molecule has 0 saturated heterocycles. The predicted octanol–water partition coefficient (Wildman–Crippen LogP) is 0.891. The molecule has 1 aromatic heterocycles. The van der Waals surface area contributed by atoms with Crippen molar-refractivity contribution in [1.29, 1.82) is 0 Å². The summed E-state index contributed by atoms with van der Waals surface area (Å²) in [5, 5.41) is 11.7. The molecular weight excluding hydrogens is 230 g/mol. The number of hydrogen-bond donors (Lipinski definition) is 2. The minimum absolute atomic E-state index is 0.115. The second-order valence-electron chi connectivity index (χ2n) is 3.47. The van der Waals surface area contributed by atoms with Crippen molar-refractivity contribution in [3.63, 3.8) is 0 Å². The molecule has 5 nitrogen and oxygen atoms in total. The standard InChI is InChI=1S/C10H16F2N4O/c1-7-14-9(13-2)5-10(15-7)16(3-4-17)6-8(11)12/h5,8,17H,3-4,6H2,1-2H3,(H,13,14,15). The molecule has 0 fully saturated rings. The topological polar surface area (TPSA) is 61.3 Å². The maximum atomic E-state index is 12.4. The van der Waals surface area contributed by atoms with E-state index in [1.807, 2.05) is 0 Å². The number of rotatable bonds is 6. The summed E-state index contributed by atoms with van der Waals surface area (Å²) >= 11 is 0. The maximum Gasteiger partial charge on any atom is 0.255 e. The van der Waals surface area contributed by atoms with E-state index in [4.69, 9.17) is 5.11 Å². The van der Waals surface area contributed by atoms with E-state index in [2.05, 4.69) is 15.3 Å². The second-order valence-corrected chi connectivity index (χ2v) is 3.47. The van der Waals surface area contributed by atoms with Gasteiger partial charge >= 0.3 is 0 Å². The van der Waals surface area contributed by atoms with Gasteiger partial charge in [0.2, 0.25) is 0 Å². The SMILES string of the molecule is CNc1cc(N(CCO)CC(F)F)nc(C)n1. The van der Waals surface area contributed by atoms with Crippen molar-refractivity contribution < 1.29 is 13.9 Å². The molecule has 0 atom stereocenters. The van der Waals surface area contributed by atoms with Crippen LogP contribution in [0.1, 0.15) is 5.82 Å². The Labute approximate surface area is 98.5 Å². The van der Waals surface area contributed by atoms with Crippen LogP contribution in [0.3, 0.4) is 0 Å². The molecule has 0 spiro atoms. The van der Waals surface area contributed by atoms with Crippen LogP contribution in [0.25, 0.3) is 0 Å². The van der Waals surface area contributed by atoms with E-state index in [-0.39, 0.29) is 13.2 Å². The molecule has 1 rings (SSSR count). The molecule has 7 heteroatoms. The number of anilines is 2. The van der Waals surface area contributed by atoms with Gasteiger partial charge < -0.3 is 15.3 Å². The number of aryl methyl sites for hydroxylation is 1. The molecule has 0 bridgehead atoms. The summed E-state index contributed by atoms with van der Waals surface area (Å²) in [6.07, 6.45) is -2.48. The Balaban J connectivity index is 2.95. The smallest absolute Gasteiger partial charge is 0.255 e. The van der Waals surface area contributed by atoms with Gasteiger partial charge in [-0.1, -0.05) is 0 Å². The molecule has 0 aromatic carbocycles. The first-order valence-corrected chi connectivity index (χ1v) is 5.24. The lowest BCUT2D eigenvalue weighted by Gasteiger charge is -2.22. The van der Waals surface area contributed by atoms with E-state index in [1.165, 1.54) is 4.90 Å². The number of nitrogens with zero attached hydrogens (tertiary/aromatic N) is 3. The normalized spacial score (nSPS) is 10.7. The van der Waals surface area contributed by atoms with Crippen molar-refractivity contribution in [1.82, 2.24) is 9.97 Å². The quantitative estimate of drug-likeness (QED) is 0.780. The maximum absolute atomic E-state index is 12.4. The molecule has 96 valence electrons. The molecule has 0 saturated carbocycles. The number of nitrogens with one attached hydrogen (secondary N) is 1. The first-order chi connectivity index (χ1) is 8.06. The van der Waals surface area contributed by atoms with E-state index in [1.54, 1.807) is 20.0 Å². The van der Waals surface area contributed by atoms with Crippen LogP contribution in [0.2, 0.25) is 0 Å². The van der Waals surface area contributed by atoms with Crippen LogP contribution in [0, 0.1) is 6.92 Å². The van der Waals surface area contributed by atoms with E-state index in [9.17, 15) is 8.78 Å². The van der Waals surface area contributed by atoms with E-state index >= 15 is 0 Å². The molecule has 0 aliphatic heterocycles. The number of aromatic nitrogens is 2. The van der Waals surface area contributed by atoms with Crippen LogP contribution in [0.5, 0.6) is 0 Å². The average Bonchev–Trinajstić information content (AvgIpc) is 2.27. The summed E-state index contributed by atoms with van der Waals surface area (Å²) in [7, 11) is 1.69. The molecule has 0 aliphatic carbocycles. The van der Waals surface area contributed by atoms with Crippen molar-refractivity contribution in [3.8, 4) is 0 Å². The fourth-order valence-electron chi connectivity index (χ4n) is 1.43. The lowest BCUT2D eigenvalue weighted by atomic mass is 10.4. The van der Waals surface area contributed by atoms with Crippen molar-refractivity contribution in [2.24, 2.45) is 0 Å². The fourth-order valence-corrected chi connectivity index (χ4v) is 1.43. The Bertz CT molecular complexity index is 362. The number of hydrogen-bond acceptors (Lipinski definition) is 5. The highest BCUT2D eigenvalue weighted by Crippen LogP contribution is 2.16. The molecule has 1 aromatic rings. The van der Waals surface area contributed by atoms with Gasteiger partial charge in [0.15, 0.2) is 0 Å². The first-order valence-electron chi connectivity index (χ1n) is 5.24. The van der Waals surface area contributed by atoms with Crippen molar-refractivity contribution >= 4 is 11.6 Å². The molecule has 2 N–H and O–H groups in total. The summed E-state index contributed by atoms with van der Waals surface area (Å²) in [6, 6.07) is 1.57. The average molecular weight is 246 g/mol. The van der Waals surface area contributed by atoms with Crippen molar-refractivity contribution in [2.75, 3.05) is 37.0 Å². The molecule has 0 aliphatic rings. The highest BCUT2D eigenvalue weighted by Gasteiger charge is 2.14. The van der Waals surface area contributed by atoms with Gasteiger partial charge in [-0.3, -0.25) is 0 Å². The van der Waals surface area contributed by atoms with E-state index in [0.717, 1.165) is 0 Å². The number of alkyl halides is 2. The Kier molecular flexibility index (Phi) is 5.02.